The van der Waals surface area contributed by atoms with E-state index in [1.165, 1.54) is 0 Å². The number of carbonyl (C=O) groups excluding carboxylic acids is 1. The predicted octanol–water partition coefficient (Wildman–Crippen LogP) is 2.77. The zero-order valence-electron chi connectivity index (χ0n) is 15.6. The summed E-state index contributed by atoms with van der Waals surface area (Å²) < 4.78 is 18.1. The highest BCUT2D eigenvalue weighted by molar-refractivity contribution is 7.91. The standard InChI is InChI=1S/C18H24N6O2S/c1-11(2)24-10-9-16(22-24)27(19,26)23-18(25)21-17-12-5-3-7-14(12)20-15-8-4-6-13(15)17/h9-11H,3-8H2,1-2H3,(H3,19,20,21,23,25,26)/t27-/m1/s1. The lowest BCUT2D eigenvalue weighted by Crippen LogP contribution is -2.20. The van der Waals surface area contributed by atoms with Crippen LogP contribution >= 0.6 is 0 Å². The van der Waals surface area contributed by atoms with Gasteiger partial charge in [-0.2, -0.15) is 5.10 Å². The van der Waals surface area contributed by atoms with E-state index in [9.17, 15) is 9.00 Å². The van der Waals surface area contributed by atoms with Crippen LogP contribution in [-0.2, 0) is 35.6 Å². The zero-order chi connectivity index (χ0) is 19.2. The monoisotopic (exact) mass is 388 g/mol. The Bertz CT molecular complexity index is 1000. The quantitative estimate of drug-likeness (QED) is 0.841. The lowest BCUT2D eigenvalue weighted by Gasteiger charge is -2.14. The van der Waals surface area contributed by atoms with E-state index in [1.54, 1.807) is 16.9 Å². The third-order valence-corrected chi connectivity index (χ3v) is 6.37. The Morgan fingerprint density at radius 2 is 1.85 bits per heavy atom. The Morgan fingerprint density at radius 3 is 2.41 bits per heavy atom. The first-order valence-electron chi connectivity index (χ1n) is 9.29. The molecule has 0 radical (unpaired) electrons. The molecular weight excluding hydrogens is 364 g/mol. The van der Waals surface area contributed by atoms with Gasteiger partial charge in [0.2, 0.25) is 0 Å². The average molecular weight is 388 g/mol. The molecule has 0 aliphatic heterocycles. The van der Waals surface area contributed by atoms with Gasteiger partial charge in [-0.3, -0.25) is 9.67 Å². The van der Waals surface area contributed by atoms with Crippen molar-refractivity contribution in [2.75, 3.05) is 5.32 Å². The number of nitrogens with one attached hydrogen (secondary N) is 1. The van der Waals surface area contributed by atoms with Crippen LogP contribution in [0.4, 0.5) is 10.5 Å². The Balaban J connectivity index is 1.65. The van der Waals surface area contributed by atoms with Crippen molar-refractivity contribution in [3.8, 4) is 0 Å². The second kappa shape index (κ2) is 6.72. The molecule has 4 rings (SSSR count). The van der Waals surface area contributed by atoms with Crippen LogP contribution in [0.5, 0.6) is 0 Å². The first-order chi connectivity index (χ1) is 12.8. The maximum Gasteiger partial charge on any atom is 0.354 e. The Labute approximate surface area is 158 Å². The molecule has 2 aromatic rings. The van der Waals surface area contributed by atoms with Gasteiger partial charge in [0.05, 0.1) is 5.69 Å². The second-order valence-electron chi connectivity index (χ2n) is 7.36. The van der Waals surface area contributed by atoms with Gasteiger partial charge in [-0.1, -0.05) is 0 Å². The topological polar surface area (TPSA) is 115 Å². The van der Waals surface area contributed by atoms with E-state index in [0.717, 1.165) is 66.7 Å². The van der Waals surface area contributed by atoms with Crippen molar-refractivity contribution >= 4 is 21.6 Å². The number of urea groups is 1. The lowest BCUT2D eigenvalue weighted by atomic mass is 10.1. The minimum atomic E-state index is -3.41. The van der Waals surface area contributed by atoms with Crippen LogP contribution < -0.4 is 10.5 Å². The molecule has 2 heterocycles. The number of nitrogens with zero attached hydrogens (tertiary/aromatic N) is 4. The molecule has 2 amide bonds. The maximum atomic E-state index is 12.8. The number of fused-ring (bicyclic) bond motifs is 2. The number of aromatic nitrogens is 3. The largest absolute Gasteiger partial charge is 0.354 e. The predicted molar refractivity (Wildman–Crippen MR) is 103 cm³/mol. The molecule has 2 aliphatic rings. The zero-order valence-corrected chi connectivity index (χ0v) is 16.4. The van der Waals surface area contributed by atoms with Crippen molar-refractivity contribution in [2.24, 2.45) is 9.50 Å². The number of anilines is 1. The molecule has 0 saturated heterocycles. The van der Waals surface area contributed by atoms with Crippen molar-refractivity contribution in [3.05, 3.63) is 34.8 Å². The molecule has 9 heteroatoms. The number of nitrogens with two attached hydrogens (primary N) is 1. The summed E-state index contributed by atoms with van der Waals surface area (Å²) in [4.78, 5) is 17.3. The Hall–Kier alpha value is -2.26. The van der Waals surface area contributed by atoms with Crippen LogP contribution in [0, 0.1) is 0 Å². The minimum Gasteiger partial charge on any atom is -0.305 e. The fourth-order valence-electron chi connectivity index (χ4n) is 3.80. The van der Waals surface area contributed by atoms with E-state index >= 15 is 0 Å². The van der Waals surface area contributed by atoms with E-state index in [2.05, 4.69) is 14.8 Å². The molecule has 0 aromatic carbocycles. The van der Waals surface area contributed by atoms with Crippen LogP contribution in [0.15, 0.2) is 21.7 Å². The molecule has 1 atom stereocenters. The summed E-state index contributed by atoms with van der Waals surface area (Å²) in [5.74, 6) is 0. The summed E-state index contributed by atoms with van der Waals surface area (Å²) in [6, 6.07) is 0.946. The van der Waals surface area contributed by atoms with E-state index in [-0.39, 0.29) is 11.1 Å². The van der Waals surface area contributed by atoms with Crippen molar-refractivity contribution in [2.45, 2.75) is 63.4 Å². The highest BCUT2D eigenvalue weighted by Crippen LogP contribution is 2.36. The first-order valence-corrected chi connectivity index (χ1v) is 10.9. The van der Waals surface area contributed by atoms with Gasteiger partial charge in [0.15, 0.2) is 14.9 Å². The number of rotatable bonds is 3. The number of amides is 2. The van der Waals surface area contributed by atoms with Gasteiger partial charge in [0.1, 0.15) is 0 Å². The van der Waals surface area contributed by atoms with Gasteiger partial charge in [-0.25, -0.2) is 14.1 Å². The highest BCUT2D eigenvalue weighted by Gasteiger charge is 2.26. The summed E-state index contributed by atoms with van der Waals surface area (Å²) in [5.41, 5.74) is 5.12. The van der Waals surface area contributed by atoms with Crippen molar-refractivity contribution < 1.29 is 9.00 Å². The highest BCUT2D eigenvalue weighted by atomic mass is 32.2. The van der Waals surface area contributed by atoms with Gasteiger partial charge in [0.25, 0.3) is 0 Å². The summed E-state index contributed by atoms with van der Waals surface area (Å²) in [5, 5.41) is 13.0. The van der Waals surface area contributed by atoms with Crippen LogP contribution in [0.25, 0.3) is 0 Å². The SMILES string of the molecule is CC(C)n1ccc([S@](N)(=O)=NC(=O)Nc2c3c(nc4c2CCC4)CCC3)n1. The molecule has 27 heavy (non-hydrogen) atoms. The maximum absolute atomic E-state index is 12.8. The van der Waals surface area contributed by atoms with Gasteiger partial charge < -0.3 is 5.32 Å². The third-order valence-electron chi connectivity index (χ3n) is 5.11. The summed E-state index contributed by atoms with van der Waals surface area (Å²) >= 11 is 0. The fraction of sp³-hybridized carbons (Fsp3) is 0.500. The van der Waals surface area contributed by atoms with E-state index in [0.29, 0.717) is 0 Å². The van der Waals surface area contributed by atoms with E-state index in [1.807, 2.05) is 13.8 Å². The summed E-state index contributed by atoms with van der Waals surface area (Å²) in [7, 11) is -3.41. The molecule has 0 spiro atoms. The molecule has 0 unspecified atom stereocenters. The Kier molecular flexibility index (Phi) is 4.51. The van der Waals surface area contributed by atoms with E-state index < -0.39 is 15.9 Å². The normalized spacial score (nSPS) is 17.5. The Morgan fingerprint density at radius 1 is 1.22 bits per heavy atom. The lowest BCUT2D eigenvalue weighted by molar-refractivity contribution is 0.260. The van der Waals surface area contributed by atoms with Gasteiger partial charge in [0, 0.05) is 23.6 Å². The smallest absolute Gasteiger partial charge is 0.305 e. The molecule has 0 fully saturated rings. The summed E-state index contributed by atoms with van der Waals surface area (Å²) in [6.45, 7) is 3.90. The minimum absolute atomic E-state index is 0.102. The number of carbonyl (C=O) groups is 1. The molecular formula is C18H24N6O2S. The van der Waals surface area contributed by atoms with Crippen molar-refractivity contribution in [1.82, 2.24) is 14.8 Å². The number of aryl methyl sites for hydroxylation is 2. The van der Waals surface area contributed by atoms with Crippen molar-refractivity contribution in [1.29, 1.82) is 0 Å². The van der Waals surface area contributed by atoms with Crippen molar-refractivity contribution in [3.63, 3.8) is 0 Å². The molecule has 0 bridgehead atoms. The van der Waals surface area contributed by atoms with Crippen LogP contribution in [0.3, 0.4) is 0 Å². The van der Waals surface area contributed by atoms with Gasteiger partial charge in [-0.15, -0.1) is 4.36 Å². The van der Waals surface area contributed by atoms with E-state index in [4.69, 9.17) is 10.1 Å². The fourth-order valence-corrected chi connectivity index (χ4v) is 4.65. The second-order valence-corrected chi connectivity index (χ2v) is 9.10. The summed E-state index contributed by atoms with van der Waals surface area (Å²) in [6.07, 6.45) is 7.40. The molecule has 0 saturated carbocycles. The third kappa shape index (κ3) is 3.37. The van der Waals surface area contributed by atoms with Gasteiger partial charge in [-0.05, 0) is 69.6 Å². The number of hydrogen-bond donors (Lipinski definition) is 2. The molecule has 144 valence electrons. The average Bonchev–Trinajstić information content (AvgIpc) is 3.34. The van der Waals surface area contributed by atoms with Crippen LogP contribution in [-0.4, -0.2) is 25.0 Å². The van der Waals surface area contributed by atoms with Crippen LogP contribution in [0.2, 0.25) is 0 Å². The number of pyridine rings is 1. The molecule has 2 aromatic heterocycles. The molecule has 2 aliphatic carbocycles. The molecule has 8 nitrogen and oxygen atoms in total. The van der Waals surface area contributed by atoms with Gasteiger partial charge >= 0.3 is 6.03 Å². The van der Waals surface area contributed by atoms with Crippen LogP contribution in [0.1, 0.15) is 55.2 Å². The first kappa shape index (κ1) is 18.1. The number of hydrogen-bond acceptors (Lipinski definition) is 4. The molecule has 3 N–H and O–H groups in total.